The predicted octanol–water partition coefficient (Wildman–Crippen LogP) is 3.27. The van der Waals surface area contributed by atoms with E-state index in [1.165, 1.54) is 6.20 Å². The summed E-state index contributed by atoms with van der Waals surface area (Å²) in [7, 11) is 0. The fourth-order valence-electron chi connectivity index (χ4n) is 1.30. The summed E-state index contributed by atoms with van der Waals surface area (Å²) in [5, 5.41) is 0.322. The average Bonchev–Trinajstić information content (AvgIpc) is 2.58. The molecule has 2 heterocycles. The second kappa shape index (κ2) is 4.35. The first-order chi connectivity index (χ1) is 7.65. The number of thiophene rings is 1. The Morgan fingerprint density at radius 1 is 1.62 bits per heavy atom. The zero-order valence-corrected chi connectivity index (χ0v) is 9.86. The lowest BCUT2D eigenvalue weighted by Gasteiger charge is -1.98. The van der Waals surface area contributed by atoms with Gasteiger partial charge in [-0.1, -0.05) is 11.6 Å². The third-order valence-electron chi connectivity index (χ3n) is 1.96. The van der Waals surface area contributed by atoms with Crippen molar-refractivity contribution in [3.8, 4) is 0 Å². The summed E-state index contributed by atoms with van der Waals surface area (Å²) in [6, 6.07) is 0. The van der Waals surface area contributed by atoms with E-state index in [2.05, 4.69) is 4.98 Å². The Morgan fingerprint density at radius 2 is 2.38 bits per heavy atom. The van der Waals surface area contributed by atoms with Gasteiger partial charge in [0.25, 0.3) is 0 Å². The molecular weight excluding hydrogens is 253 g/mol. The quantitative estimate of drug-likeness (QED) is 0.777. The van der Waals surface area contributed by atoms with E-state index < -0.39 is 11.8 Å². The number of hydrogen-bond acceptors (Lipinski definition) is 4. The molecule has 2 rings (SSSR count). The van der Waals surface area contributed by atoms with Crippen LogP contribution in [0.25, 0.3) is 10.1 Å². The number of carbonyl (C=O) groups excluding carboxylic acids is 1. The lowest BCUT2D eigenvalue weighted by atomic mass is 10.3. The molecule has 0 N–H and O–H groups in total. The minimum absolute atomic E-state index is 0.0957. The monoisotopic (exact) mass is 259 g/mol. The molecule has 0 spiro atoms. The summed E-state index contributed by atoms with van der Waals surface area (Å²) >= 11 is 7.01. The van der Waals surface area contributed by atoms with Gasteiger partial charge < -0.3 is 4.74 Å². The highest BCUT2D eigenvalue weighted by Crippen LogP contribution is 2.36. The first-order valence-corrected chi connectivity index (χ1v) is 5.73. The number of nitrogens with zero attached hydrogens (tertiary/aromatic N) is 1. The Bertz CT molecular complexity index is 555. The zero-order chi connectivity index (χ0) is 11.7. The SMILES string of the molecule is CCOC(=O)c1sc2cncc(F)c2c1Cl. The van der Waals surface area contributed by atoms with Gasteiger partial charge in [-0.05, 0) is 6.92 Å². The molecule has 0 bridgehead atoms. The van der Waals surface area contributed by atoms with Crippen molar-refractivity contribution in [2.75, 3.05) is 6.61 Å². The third-order valence-corrected chi connectivity index (χ3v) is 3.55. The summed E-state index contributed by atoms with van der Waals surface area (Å²) in [5.74, 6) is -1.07. The molecule has 0 saturated carbocycles. The van der Waals surface area contributed by atoms with Crippen LogP contribution in [0.15, 0.2) is 12.4 Å². The molecule has 84 valence electrons. The summed E-state index contributed by atoms with van der Waals surface area (Å²) in [6.07, 6.45) is 2.54. The number of halogens is 2. The maximum atomic E-state index is 13.4. The van der Waals surface area contributed by atoms with Crippen LogP contribution in [0.1, 0.15) is 16.6 Å². The van der Waals surface area contributed by atoms with Gasteiger partial charge in [0, 0.05) is 6.20 Å². The molecule has 0 saturated heterocycles. The van der Waals surface area contributed by atoms with Crippen molar-refractivity contribution >= 4 is 39.0 Å². The van der Waals surface area contributed by atoms with E-state index in [4.69, 9.17) is 16.3 Å². The van der Waals surface area contributed by atoms with Crippen molar-refractivity contribution in [3.05, 3.63) is 28.1 Å². The van der Waals surface area contributed by atoms with Crippen LogP contribution in [-0.4, -0.2) is 17.6 Å². The standard InChI is InChI=1S/C10H7ClFNO2S/c1-2-15-10(14)9-8(11)7-5(12)3-13-4-6(7)16-9/h3-4H,2H2,1H3. The van der Waals surface area contributed by atoms with Crippen LogP contribution >= 0.6 is 22.9 Å². The number of ether oxygens (including phenoxy) is 1. The molecule has 0 aromatic carbocycles. The van der Waals surface area contributed by atoms with E-state index in [0.717, 1.165) is 17.5 Å². The van der Waals surface area contributed by atoms with Crippen molar-refractivity contribution < 1.29 is 13.9 Å². The van der Waals surface area contributed by atoms with Gasteiger partial charge in [0.2, 0.25) is 0 Å². The second-order valence-corrected chi connectivity index (χ2v) is 4.39. The molecule has 0 fully saturated rings. The number of fused-ring (bicyclic) bond motifs is 1. The minimum atomic E-state index is -0.534. The van der Waals surface area contributed by atoms with E-state index in [1.807, 2.05) is 0 Å². The van der Waals surface area contributed by atoms with Crippen LogP contribution < -0.4 is 0 Å². The van der Waals surface area contributed by atoms with Crippen molar-refractivity contribution in [2.45, 2.75) is 6.92 Å². The molecule has 2 aromatic rings. The van der Waals surface area contributed by atoms with Crippen molar-refractivity contribution in [3.63, 3.8) is 0 Å². The van der Waals surface area contributed by atoms with Crippen molar-refractivity contribution in [1.29, 1.82) is 0 Å². The lowest BCUT2D eigenvalue weighted by Crippen LogP contribution is -2.02. The first kappa shape index (κ1) is 11.3. The van der Waals surface area contributed by atoms with E-state index in [-0.39, 0.29) is 21.9 Å². The lowest BCUT2D eigenvalue weighted by molar-refractivity contribution is 0.0532. The summed E-state index contributed by atoms with van der Waals surface area (Å²) in [5.41, 5.74) is 0. The molecule has 0 radical (unpaired) electrons. The van der Waals surface area contributed by atoms with E-state index >= 15 is 0 Å². The molecular formula is C10H7ClFNO2S. The molecule has 0 aliphatic carbocycles. The highest BCUT2D eigenvalue weighted by molar-refractivity contribution is 7.21. The Hall–Kier alpha value is -1.20. The van der Waals surface area contributed by atoms with Crippen LogP contribution in [0.3, 0.4) is 0 Å². The van der Waals surface area contributed by atoms with Crippen molar-refractivity contribution in [2.24, 2.45) is 0 Å². The summed E-state index contributed by atoms with van der Waals surface area (Å²) in [4.78, 5) is 15.4. The fraction of sp³-hybridized carbons (Fsp3) is 0.200. The topological polar surface area (TPSA) is 39.2 Å². The van der Waals surface area contributed by atoms with Crippen LogP contribution in [0.5, 0.6) is 0 Å². The van der Waals surface area contributed by atoms with Gasteiger partial charge in [-0.15, -0.1) is 11.3 Å². The average molecular weight is 260 g/mol. The fourth-order valence-corrected chi connectivity index (χ4v) is 2.71. The van der Waals surface area contributed by atoms with Gasteiger partial charge >= 0.3 is 5.97 Å². The van der Waals surface area contributed by atoms with Gasteiger partial charge in [0.05, 0.1) is 27.9 Å². The molecule has 6 heteroatoms. The number of aromatic nitrogens is 1. The molecule has 2 aromatic heterocycles. The normalized spacial score (nSPS) is 10.7. The van der Waals surface area contributed by atoms with Gasteiger partial charge in [-0.3, -0.25) is 4.98 Å². The molecule has 0 aliphatic heterocycles. The van der Waals surface area contributed by atoms with E-state index in [0.29, 0.717) is 4.70 Å². The highest BCUT2D eigenvalue weighted by Gasteiger charge is 2.20. The molecule has 0 unspecified atom stereocenters. The number of esters is 1. The Balaban J connectivity index is 2.61. The molecule has 0 atom stereocenters. The number of rotatable bonds is 2. The Morgan fingerprint density at radius 3 is 3.00 bits per heavy atom. The van der Waals surface area contributed by atoms with E-state index in [1.54, 1.807) is 6.92 Å². The van der Waals surface area contributed by atoms with Gasteiger partial charge in [-0.25, -0.2) is 9.18 Å². The second-order valence-electron chi connectivity index (χ2n) is 2.96. The zero-order valence-electron chi connectivity index (χ0n) is 8.29. The highest BCUT2D eigenvalue weighted by atomic mass is 35.5. The molecule has 0 aliphatic rings. The number of hydrogen-bond donors (Lipinski definition) is 0. The molecule has 0 amide bonds. The maximum absolute atomic E-state index is 13.4. The number of carbonyl (C=O) groups is 1. The Labute approximate surface area is 99.8 Å². The van der Waals surface area contributed by atoms with Crippen molar-refractivity contribution in [1.82, 2.24) is 4.98 Å². The number of pyridine rings is 1. The van der Waals surface area contributed by atoms with Crippen LogP contribution in [-0.2, 0) is 4.74 Å². The predicted molar refractivity (Wildman–Crippen MR) is 60.5 cm³/mol. The first-order valence-electron chi connectivity index (χ1n) is 4.53. The Kier molecular flexibility index (Phi) is 3.07. The van der Waals surface area contributed by atoms with Gasteiger partial charge in [-0.2, -0.15) is 0 Å². The largest absolute Gasteiger partial charge is 0.462 e. The minimum Gasteiger partial charge on any atom is -0.462 e. The van der Waals surface area contributed by atoms with Crippen LogP contribution in [0.2, 0.25) is 5.02 Å². The molecule has 16 heavy (non-hydrogen) atoms. The summed E-state index contributed by atoms with van der Waals surface area (Å²) < 4.78 is 18.8. The smallest absolute Gasteiger partial charge is 0.349 e. The van der Waals surface area contributed by atoms with Crippen LogP contribution in [0, 0.1) is 5.82 Å². The molecule has 3 nitrogen and oxygen atoms in total. The van der Waals surface area contributed by atoms with Crippen LogP contribution in [0.4, 0.5) is 4.39 Å². The third kappa shape index (κ3) is 1.76. The van der Waals surface area contributed by atoms with Gasteiger partial charge in [0.1, 0.15) is 4.88 Å². The van der Waals surface area contributed by atoms with E-state index in [9.17, 15) is 9.18 Å². The summed E-state index contributed by atoms with van der Waals surface area (Å²) in [6.45, 7) is 1.95. The van der Waals surface area contributed by atoms with Gasteiger partial charge in [0.15, 0.2) is 5.82 Å². The maximum Gasteiger partial charge on any atom is 0.349 e.